The first-order chi connectivity index (χ1) is 8.33. The lowest BCUT2D eigenvalue weighted by atomic mass is 9.85. The number of ether oxygens (including phenoxy) is 1. The number of benzene rings is 1. The maximum absolute atomic E-state index is 13.6. The molecule has 0 atom stereocenters. The van der Waals surface area contributed by atoms with Crippen molar-refractivity contribution in [2.45, 2.75) is 19.3 Å². The average Bonchev–Trinajstić information content (AvgIpc) is 2.32. The molecule has 0 unspecified atom stereocenters. The van der Waals surface area contributed by atoms with Crippen molar-refractivity contribution in [3.63, 3.8) is 0 Å². The summed E-state index contributed by atoms with van der Waals surface area (Å²) in [6.07, 6.45) is 0. The van der Waals surface area contributed by atoms with Gasteiger partial charge in [-0.2, -0.15) is 5.26 Å². The van der Waals surface area contributed by atoms with Gasteiger partial charge in [-0.1, -0.05) is 0 Å². The van der Waals surface area contributed by atoms with E-state index >= 15 is 0 Å². The van der Waals surface area contributed by atoms with Crippen LogP contribution in [-0.4, -0.2) is 12.4 Å². The first-order valence-electron chi connectivity index (χ1n) is 4.89. The molecule has 0 aliphatic heterocycles. The van der Waals surface area contributed by atoms with Gasteiger partial charge in [0.15, 0.2) is 11.6 Å². The van der Waals surface area contributed by atoms with Crippen LogP contribution < -0.4 is 0 Å². The maximum atomic E-state index is 13.6. The molecule has 0 amide bonds. The molecule has 0 spiro atoms. The highest BCUT2D eigenvalue weighted by Crippen LogP contribution is 2.28. The van der Waals surface area contributed by atoms with E-state index in [1.54, 1.807) is 6.07 Å². The van der Waals surface area contributed by atoms with Gasteiger partial charge in [-0.3, -0.25) is 4.79 Å². The number of halogens is 2. The molecule has 0 fully saturated rings. The van der Waals surface area contributed by atoms with Crippen LogP contribution in [0.1, 0.15) is 29.8 Å². The Hall–Kier alpha value is -2.29. The third kappa shape index (κ3) is 2.51. The van der Waals surface area contributed by atoms with Gasteiger partial charge >= 0.3 is 12.4 Å². The van der Waals surface area contributed by atoms with E-state index in [9.17, 15) is 18.4 Å². The van der Waals surface area contributed by atoms with E-state index in [0.717, 1.165) is 6.07 Å². The predicted octanol–water partition coefficient (Wildman–Crippen LogP) is 2.08. The summed E-state index contributed by atoms with van der Waals surface area (Å²) in [6.45, 7) is 2.64. The van der Waals surface area contributed by atoms with Gasteiger partial charge in [0.05, 0.1) is 17.0 Å². The standard InChI is InChI=1S/C12H9F2NO3/c1-12(2,5-15)8-3-7(11(17)18-6-16)4-9(13)10(8)14/h3-4,6H,1-2H3. The highest BCUT2D eigenvalue weighted by molar-refractivity contribution is 5.93. The largest absolute Gasteiger partial charge is 0.392 e. The highest BCUT2D eigenvalue weighted by Gasteiger charge is 2.28. The van der Waals surface area contributed by atoms with Gasteiger partial charge in [-0.05, 0) is 26.0 Å². The Morgan fingerprint density at radius 2 is 2.06 bits per heavy atom. The maximum Gasteiger partial charge on any atom is 0.345 e. The fourth-order valence-corrected chi connectivity index (χ4v) is 1.33. The molecule has 0 saturated carbocycles. The lowest BCUT2D eigenvalue weighted by Gasteiger charge is -2.17. The number of hydrogen-bond donors (Lipinski definition) is 0. The van der Waals surface area contributed by atoms with Crippen molar-refractivity contribution in [2.24, 2.45) is 0 Å². The molecule has 0 saturated heterocycles. The minimum atomic E-state index is -1.32. The summed E-state index contributed by atoms with van der Waals surface area (Å²) in [7, 11) is 0. The Morgan fingerprint density at radius 3 is 2.56 bits per heavy atom. The molecule has 0 aliphatic carbocycles. The van der Waals surface area contributed by atoms with Crippen LogP contribution in [0.5, 0.6) is 0 Å². The second-order valence-corrected chi connectivity index (χ2v) is 4.06. The van der Waals surface area contributed by atoms with E-state index in [1.165, 1.54) is 13.8 Å². The van der Waals surface area contributed by atoms with E-state index in [4.69, 9.17) is 5.26 Å². The molecular formula is C12H9F2NO3. The molecule has 0 N–H and O–H groups in total. The van der Waals surface area contributed by atoms with Crippen LogP contribution in [0.4, 0.5) is 8.78 Å². The second kappa shape index (κ2) is 4.92. The van der Waals surface area contributed by atoms with E-state index < -0.39 is 23.0 Å². The molecule has 6 heteroatoms. The molecule has 18 heavy (non-hydrogen) atoms. The molecule has 1 aromatic rings. The number of esters is 1. The van der Waals surface area contributed by atoms with E-state index in [2.05, 4.69) is 4.74 Å². The summed E-state index contributed by atoms with van der Waals surface area (Å²) < 4.78 is 30.9. The van der Waals surface area contributed by atoms with Gasteiger partial charge in [0.1, 0.15) is 0 Å². The van der Waals surface area contributed by atoms with Crippen molar-refractivity contribution in [3.05, 3.63) is 34.9 Å². The third-order valence-corrected chi connectivity index (χ3v) is 2.37. The minimum absolute atomic E-state index is 0.112. The number of nitriles is 1. The number of rotatable bonds is 3. The van der Waals surface area contributed by atoms with Crippen molar-refractivity contribution in [2.75, 3.05) is 0 Å². The van der Waals surface area contributed by atoms with Crippen molar-refractivity contribution in [1.29, 1.82) is 5.26 Å². The lowest BCUT2D eigenvalue weighted by molar-refractivity contribution is -0.123. The topological polar surface area (TPSA) is 67.2 Å². The molecular weight excluding hydrogens is 244 g/mol. The Bertz CT molecular complexity index is 547. The zero-order valence-electron chi connectivity index (χ0n) is 9.66. The van der Waals surface area contributed by atoms with Crippen molar-refractivity contribution in [3.8, 4) is 6.07 Å². The highest BCUT2D eigenvalue weighted by atomic mass is 19.2. The molecule has 1 rings (SSSR count). The fraction of sp³-hybridized carbons (Fsp3) is 0.250. The molecule has 1 aromatic carbocycles. The smallest absolute Gasteiger partial charge is 0.345 e. The lowest BCUT2D eigenvalue weighted by Crippen LogP contribution is -2.18. The Balaban J connectivity index is 3.41. The molecule has 94 valence electrons. The monoisotopic (exact) mass is 253 g/mol. The first-order valence-corrected chi connectivity index (χ1v) is 4.89. The van der Waals surface area contributed by atoms with Crippen LogP contribution >= 0.6 is 0 Å². The van der Waals surface area contributed by atoms with Crippen LogP contribution in [0, 0.1) is 23.0 Å². The number of hydrogen-bond acceptors (Lipinski definition) is 4. The van der Waals surface area contributed by atoms with Crippen molar-refractivity contribution in [1.82, 2.24) is 0 Å². The Labute approximate surface area is 102 Å². The molecule has 0 radical (unpaired) electrons. The van der Waals surface area contributed by atoms with E-state index in [1.807, 2.05) is 0 Å². The second-order valence-electron chi connectivity index (χ2n) is 4.06. The average molecular weight is 253 g/mol. The number of carbonyl (C=O) groups is 2. The molecule has 0 heterocycles. The van der Waals surface area contributed by atoms with Crippen LogP contribution in [0.25, 0.3) is 0 Å². The summed E-state index contributed by atoms with van der Waals surface area (Å²) >= 11 is 0. The van der Waals surface area contributed by atoms with Crippen molar-refractivity contribution < 1.29 is 23.1 Å². The first kappa shape index (κ1) is 13.8. The summed E-state index contributed by atoms with van der Waals surface area (Å²) in [5, 5.41) is 8.88. The van der Waals surface area contributed by atoms with Crippen LogP contribution in [0.15, 0.2) is 12.1 Å². The van der Waals surface area contributed by atoms with Gasteiger partial charge in [0.2, 0.25) is 0 Å². The summed E-state index contributed by atoms with van der Waals surface area (Å²) in [6, 6.07) is 3.40. The quantitative estimate of drug-likeness (QED) is 0.470. The van der Waals surface area contributed by atoms with Gasteiger partial charge < -0.3 is 4.74 Å². The van der Waals surface area contributed by atoms with E-state index in [0.29, 0.717) is 6.07 Å². The molecule has 0 aromatic heterocycles. The summed E-state index contributed by atoms with van der Waals surface area (Å²) in [5.74, 6) is -3.60. The fourth-order valence-electron chi connectivity index (χ4n) is 1.33. The Morgan fingerprint density at radius 1 is 1.44 bits per heavy atom. The van der Waals surface area contributed by atoms with Gasteiger partial charge in [-0.15, -0.1) is 0 Å². The zero-order chi connectivity index (χ0) is 13.9. The molecule has 0 bridgehead atoms. The van der Waals surface area contributed by atoms with Gasteiger partial charge in [0.25, 0.3) is 0 Å². The summed E-state index contributed by atoms with van der Waals surface area (Å²) in [5.41, 5.74) is -1.93. The predicted molar refractivity (Wildman–Crippen MR) is 56.5 cm³/mol. The summed E-state index contributed by atoms with van der Waals surface area (Å²) in [4.78, 5) is 21.3. The van der Waals surface area contributed by atoms with Gasteiger partial charge in [-0.25, -0.2) is 13.6 Å². The Kier molecular flexibility index (Phi) is 3.76. The zero-order valence-corrected chi connectivity index (χ0v) is 9.66. The van der Waals surface area contributed by atoms with Crippen LogP contribution in [0.2, 0.25) is 0 Å². The number of nitrogens with zero attached hydrogens (tertiary/aromatic N) is 1. The van der Waals surface area contributed by atoms with E-state index in [-0.39, 0.29) is 17.6 Å². The third-order valence-electron chi connectivity index (χ3n) is 2.37. The molecule has 4 nitrogen and oxygen atoms in total. The van der Waals surface area contributed by atoms with Crippen LogP contribution in [-0.2, 0) is 14.9 Å². The number of carbonyl (C=O) groups excluding carboxylic acids is 2. The normalized spacial score (nSPS) is 10.6. The minimum Gasteiger partial charge on any atom is -0.392 e. The molecule has 0 aliphatic rings. The van der Waals surface area contributed by atoms with Gasteiger partial charge in [0, 0.05) is 5.56 Å². The SMILES string of the molecule is CC(C)(C#N)c1cc(C(=O)OC=O)cc(F)c1F. The van der Waals surface area contributed by atoms with Crippen LogP contribution in [0.3, 0.4) is 0 Å². The van der Waals surface area contributed by atoms with Crippen molar-refractivity contribution >= 4 is 12.4 Å².